The van der Waals surface area contributed by atoms with Crippen LogP contribution in [0, 0.1) is 0 Å². The molecule has 9 heavy (non-hydrogen) atoms. The molecule has 0 aliphatic carbocycles. The first kappa shape index (κ1) is 8.72. The molecule has 0 saturated heterocycles. The first-order chi connectivity index (χ1) is 4.41. The highest BCUT2D eigenvalue weighted by molar-refractivity contribution is 8.11. The molecule has 0 aromatic carbocycles. The molecule has 0 N–H and O–H groups in total. The molecule has 0 aromatic rings. The molecule has 0 bridgehead atoms. The Bertz CT molecular complexity index is 101. The fourth-order valence-corrected chi connectivity index (χ4v) is 0.488. The van der Waals surface area contributed by atoms with E-state index in [9.17, 15) is 0 Å². The normalized spacial score (nSPS) is 11.8. The van der Waals surface area contributed by atoms with Crippen LogP contribution in [0.2, 0.25) is 0 Å². The van der Waals surface area contributed by atoms with E-state index in [1.807, 2.05) is 12.3 Å². The Labute approximate surface area is 60.0 Å². The summed E-state index contributed by atoms with van der Waals surface area (Å²) in [7, 11) is 1.66. The predicted molar refractivity (Wildman–Crippen MR) is 43.0 cm³/mol. The molecule has 0 saturated carbocycles. The molecule has 0 heterocycles. The molecular weight excluding hydrogens is 134 g/mol. The molecule has 0 spiro atoms. The van der Waals surface area contributed by atoms with Gasteiger partial charge >= 0.3 is 0 Å². The molecule has 0 radical (unpaired) electrons. The summed E-state index contributed by atoms with van der Waals surface area (Å²) in [6.07, 6.45) is 5.54. The van der Waals surface area contributed by atoms with Crippen LogP contribution >= 0.6 is 11.8 Å². The van der Waals surface area contributed by atoms with Gasteiger partial charge in [0.05, 0.1) is 12.2 Å². The van der Waals surface area contributed by atoms with Gasteiger partial charge in [-0.2, -0.15) is 0 Å². The number of nitrogens with zero attached hydrogens (tertiary/aromatic N) is 1. The van der Waals surface area contributed by atoms with Crippen LogP contribution in [0.25, 0.3) is 0 Å². The summed E-state index contributed by atoms with van der Waals surface area (Å²) in [4.78, 5) is 3.90. The Morgan fingerprint density at radius 2 is 2.44 bits per heavy atom. The number of aliphatic imine (C=N–C) groups is 1. The predicted octanol–water partition coefficient (Wildman–Crippen LogP) is 1.54. The first-order valence-electron chi connectivity index (χ1n) is 2.60. The second kappa shape index (κ2) is 7.72. The zero-order valence-electron chi connectivity index (χ0n) is 5.70. The molecule has 0 aromatic heterocycles. The van der Waals surface area contributed by atoms with Crippen molar-refractivity contribution in [2.45, 2.75) is 0 Å². The highest BCUT2D eigenvalue weighted by Gasteiger charge is 1.67. The van der Waals surface area contributed by atoms with Crippen molar-refractivity contribution in [3.8, 4) is 0 Å². The van der Waals surface area contributed by atoms with Gasteiger partial charge in [-0.3, -0.25) is 4.99 Å². The Hall–Kier alpha value is -0.280. The third kappa shape index (κ3) is 7.72. The van der Waals surface area contributed by atoms with E-state index in [2.05, 4.69) is 4.99 Å². The minimum atomic E-state index is 0.631. The highest BCUT2D eigenvalue weighted by Crippen LogP contribution is 1.83. The van der Waals surface area contributed by atoms with Crippen molar-refractivity contribution < 1.29 is 4.74 Å². The smallest absolute Gasteiger partial charge is 0.0661 e. The lowest BCUT2D eigenvalue weighted by Gasteiger charge is -1.83. The van der Waals surface area contributed by atoms with Crippen molar-refractivity contribution in [3.63, 3.8) is 0 Å². The van der Waals surface area contributed by atoms with Crippen molar-refractivity contribution in [1.82, 2.24) is 0 Å². The Kier molecular flexibility index (Phi) is 7.48. The van der Waals surface area contributed by atoms with Crippen LogP contribution in [-0.2, 0) is 4.74 Å². The van der Waals surface area contributed by atoms with Crippen molar-refractivity contribution in [1.29, 1.82) is 0 Å². The van der Waals surface area contributed by atoms with Crippen molar-refractivity contribution >= 4 is 17.3 Å². The summed E-state index contributed by atoms with van der Waals surface area (Å²) in [5, 5.41) is 0. The molecule has 52 valence electrons. The molecular formula is C6H11NOS. The second-order valence-electron chi connectivity index (χ2n) is 1.33. The van der Waals surface area contributed by atoms with E-state index in [1.165, 1.54) is 0 Å². The highest BCUT2D eigenvalue weighted by atomic mass is 32.2. The number of hydrogen-bond donors (Lipinski definition) is 0. The average Bonchev–Trinajstić information content (AvgIpc) is 1.89. The third-order valence-corrected chi connectivity index (χ3v) is 0.953. The summed E-state index contributed by atoms with van der Waals surface area (Å²) in [6, 6.07) is 0. The average molecular weight is 145 g/mol. The Morgan fingerprint density at radius 1 is 1.67 bits per heavy atom. The van der Waals surface area contributed by atoms with E-state index >= 15 is 0 Å². The molecule has 0 unspecified atom stereocenters. The standard InChI is InChI=1S/C6H11NOS/c1-8-5-3-4-7-6-9-2/h3-4,6H,5H2,1-2H3/b4-3+,7-6?. The topological polar surface area (TPSA) is 21.6 Å². The first-order valence-corrected chi connectivity index (χ1v) is 3.89. The summed E-state index contributed by atoms with van der Waals surface area (Å²) in [5.41, 5.74) is 1.77. The van der Waals surface area contributed by atoms with Crippen LogP contribution in [0.5, 0.6) is 0 Å². The van der Waals surface area contributed by atoms with Crippen LogP contribution in [-0.4, -0.2) is 25.5 Å². The van der Waals surface area contributed by atoms with Gasteiger partial charge in [-0.05, 0) is 12.3 Å². The zero-order valence-corrected chi connectivity index (χ0v) is 6.52. The second-order valence-corrected chi connectivity index (χ2v) is 2.01. The van der Waals surface area contributed by atoms with E-state index in [0.717, 1.165) is 0 Å². The van der Waals surface area contributed by atoms with Crippen LogP contribution in [0.4, 0.5) is 0 Å². The van der Waals surface area contributed by atoms with Crippen LogP contribution in [0.15, 0.2) is 17.3 Å². The van der Waals surface area contributed by atoms with E-state index in [1.54, 1.807) is 30.6 Å². The lowest BCUT2D eigenvalue weighted by atomic mass is 10.7. The SMILES string of the molecule is COC/C=C/N=CSC. The largest absolute Gasteiger partial charge is 0.381 e. The van der Waals surface area contributed by atoms with Gasteiger partial charge in [-0.1, -0.05) is 0 Å². The minimum Gasteiger partial charge on any atom is -0.381 e. The van der Waals surface area contributed by atoms with Gasteiger partial charge in [0.2, 0.25) is 0 Å². The molecule has 0 amide bonds. The van der Waals surface area contributed by atoms with E-state index in [4.69, 9.17) is 4.74 Å². The number of methoxy groups -OCH3 is 1. The van der Waals surface area contributed by atoms with Crippen molar-refractivity contribution in [3.05, 3.63) is 12.3 Å². The number of thioether (sulfide) groups is 1. The van der Waals surface area contributed by atoms with Gasteiger partial charge in [0.25, 0.3) is 0 Å². The van der Waals surface area contributed by atoms with E-state index < -0.39 is 0 Å². The van der Waals surface area contributed by atoms with Gasteiger partial charge in [-0.15, -0.1) is 11.8 Å². The Morgan fingerprint density at radius 3 is 3.00 bits per heavy atom. The summed E-state index contributed by atoms with van der Waals surface area (Å²) in [5.74, 6) is 0. The molecule has 0 atom stereocenters. The summed E-state index contributed by atoms with van der Waals surface area (Å²) in [6.45, 7) is 0.631. The molecule has 3 heteroatoms. The molecule has 0 fully saturated rings. The lowest BCUT2D eigenvalue weighted by molar-refractivity contribution is 0.233. The number of hydrogen-bond acceptors (Lipinski definition) is 3. The summed E-state index contributed by atoms with van der Waals surface area (Å²) < 4.78 is 4.75. The van der Waals surface area contributed by atoms with Gasteiger partial charge in [0.15, 0.2) is 0 Å². The van der Waals surface area contributed by atoms with Crippen LogP contribution in [0.3, 0.4) is 0 Å². The number of ether oxygens (including phenoxy) is 1. The molecule has 0 aliphatic heterocycles. The third-order valence-electron chi connectivity index (χ3n) is 0.621. The quantitative estimate of drug-likeness (QED) is 0.442. The summed E-state index contributed by atoms with van der Waals surface area (Å²) >= 11 is 1.58. The maximum Gasteiger partial charge on any atom is 0.0661 e. The van der Waals surface area contributed by atoms with E-state index in [-0.39, 0.29) is 0 Å². The number of rotatable bonds is 4. The van der Waals surface area contributed by atoms with Gasteiger partial charge in [0, 0.05) is 13.3 Å². The fraction of sp³-hybridized carbons (Fsp3) is 0.500. The zero-order chi connectivity index (χ0) is 6.95. The lowest BCUT2D eigenvalue weighted by Crippen LogP contribution is -1.78. The Balaban J connectivity index is 3.13. The van der Waals surface area contributed by atoms with Gasteiger partial charge in [0.1, 0.15) is 0 Å². The maximum atomic E-state index is 4.75. The molecule has 0 rings (SSSR count). The molecule has 2 nitrogen and oxygen atoms in total. The fourth-order valence-electron chi connectivity index (χ4n) is 0.296. The van der Waals surface area contributed by atoms with Crippen molar-refractivity contribution in [2.75, 3.05) is 20.0 Å². The molecule has 0 aliphatic rings. The van der Waals surface area contributed by atoms with E-state index in [0.29, 0.717) is 6.61 Å². The van der Waals surface area contributed by atoms with Gasteiger partial charge < -0.3 is 4.74 Å². The van der Waals surface area contributed by atoms with Gasteiger partial charge in [-0.25, -0.2) is 0 Å². The van der Waals surface area contributed by atoms with Crippen molar-refractivity contribution in [2.24, 2.45) is 4.99 Å². The van der Waals surface area contributed by atoms with Crippen LogP contribution < -0.4 is 0 Å². The minimum absolute atomic E-state index is 0.631. The maximum absolute atomic E-state index is 4.75. The monoisotopic (exact) mass is 145 g/mol. The van der Waals surface area contributed by atoms with Crippen LogP contribution in [0.1, 0.15) is 0 Å².